The first-order valence-corrected chi connectivity index (χ1v) is 4.31. The van der Waals surface area contributed by atoms with Crippen LogP contribution in [0.1, 0.15) is 5.76 Å². The summed E-state index contributed by atoms with van der Waals surface area (Å²) in [6, 6.07) is 5.65. The van der Waals surface area contributed by atoms with Crippen molar-refractivity contribution in [3.8, 4) is 0 Å². The fourth-order valence-corrected chi connectivity index (χ4v) is 1.28. The van der Waals surface area contributed by atoms with Gasteiger partial charge in [-0.3, -0.25) is 0 Å². The van der Waals surface area contributed by atoms with Crippen LogP contribution in [0.2, 0.25) is 0 Å². The summed E-state index contributed by atoms with van der Waals surface area (Å²) in [5.74, 6) is 2.19. The van der Waals surface area contributed by atoms with Crippen molar-refractivity contribution in [2.24, 2.45) is 0 Å². The first kappa shape index (κ1) is 8.68. The lowest BCUT2D eigenvalue weighted by molar-refractivity contribution is 0.385. The number of hydrogen-bond acceptors (Lipinski definition) is 4. The number of nitrogens with two attached hydrogens (primary N) is 1. The zero-order chi connectivity index (χ0) is 9.97. The third-order valence-corrected chi connectivity index (χ3v) is 1.96. The van der Waals surface area contributed by atoms with E-state index in [0.29, 0.717) is 12.4 Å². The monoisotopic (exact) mass is 192 g/mol. The molecule has 0 radical (unpaired) electrons. The number of anilines is 2. The summed E-state index contributed by atoms with van der Waals surface area (Å²) in [6.45, 7) is 0.644. The van der Waals surface area contributed by atoms with Gasteiger partial charge < -0.3 is 20.1 Å². The minimum atomic E-state index is 0.417. The molecule has 5 nitrogen and oxygen atoms in total. The molecular weight excluding hydrogens is 180 g/mol. The smallest absolute Gasteiger partial charge is 0.167 e. The summed E-state index contributed by atoms with van der Waals surface area (Å²) in [7, 11) is 1.96. The lowest BCUT2D eigenvalue weighted by atomic mass is 10.4. The van der Waals surface area contributed by atoms with Crippen molar-refractivity contribution in [3.05, 3.63) is 30.2 Å². The molecule has 0 amide bonds. The molecule has 0 fully saturated rings. The van der Waals surface area contributed by atoms with Crippen molar-refractivity contribution in [2.45, 2.75) is 6.54 Å². The summed E-state index contributed by atoms with van der Waals surface area (Å²) < 4.78 is 5.00. The highest BCUT2D eigenvalue weighted by molar-refractivity contribution is 5.38. The third-order valence-electron chi connectivity index (χ3n) is 1.96. The van der Waals surface area contributed by atoms with Crippen LogP contribution in [0.3, 0.4) is 0 Å². The standard InChI is InChI=1S/C9H12N4O/c1-13(9-3-2-4-11-9)6-7-5-8(10)12-14-7/h2-5,11H,6H2,1H3,(H2,10,12). The van der Waals surface area contributed by atoms with Gasteiger partial charge in [-0.05, 0) is 12.1 Å². The summed E-state index contributed by atoms with van der Waals surface area (Å²) in [5, 5.41) is 3.62. The predicted molar refractivity (Wildman–Crippen MR) is 53.8 cm³/mol. The van der Waals surface area contributed by atoms with Crippen molar-refractivity contribution in [3.63, 3.8) is 0 Å². The van der Waals surface area contributed by atoms with Gasteiger partial charge in [0.1, 0.15) is 5.82 Å². The van der Waals surface area contributed by atoms with Gasteiger partial charge in [0.15, 0.2) is 11.6 Å². The van der Waals surface area contributed by atoms with E-state index in [1.165, 1.54) is 0 Å². The molecule has 2 aromatic rings. The normalized spacial score (nSPS) is 10.4. The van der Waals surface area contributed by atoms with Crippen molar-refractivity contribution < 1.29 is 4.52 Å². The first-order chi connectivity index (χ1) is 6.75. The number of H-pyrrole nitrogens is 1. The number of hydrogen-bond donors (Lipinski definition) is 2. The zero-order valence-corrected chi connectivity index (χ0v) is 7.90. The van der Waals surface area contributed by atoms with Crippen LogP contribution in [0.4, 0.5) is 11.6 Å². The topological polar surface area (TPSA) is 71.1 Å². The lowest BCUT2D eigenvalue weighted by Gasteiger charge is -2.14. The molecule has 2 rings (SSSR count). The predicted octanol–water partition coefficient (Wildman–Crippen LogP) is 1.22. The molecule has 2 aromatic heterocycles. The Morgan fingerprint density at radius 1 is 1.64 bits per heavy atom. The van der Waals surface area contributed by atoms with Crippen LogP contribution >= 0.6 is 0 Å². The molecule has 0 bridgehead atoms. The Balaban J connectivity index is 2.05. The van der Waals surface area contributed by atoms with Gasteiger partial charge in [0.05, 0.1) is 6.54 Å². The molecule has 0 aliphatic rings. The highest BCUT2D eigenvalue weighted by Crippen LogP contribution is 2.13. The fourth-order valence-electron chi connectivity index (χ4n) is 1.28. The Bertz CT molecular complexity index is 393. The Kier molecular flexibility index (Phi) is 2.14. The highest BCUT2D eigenvalue weighted by Gasteiger charge is 2.06. The summed E-state index contributed by atoms with van der Waals surface area (Å²) in [5.41, 5.74) is 5.44. The van der Waals surface area contributed by atoms with Gasteiger partial charge in [-0.15, -0.1) is 0 Å². The second-order valence-electron chi connectivity index (χ2n) is 3.13. The molecular formula is C9H12N4O. The van der Waals surface area contributed by atoms with Crippen LogP contribution in [-0.2, 0) is 6.54 Å². The van der Waals surface area contributed by atoms with Crippen molar-refractivity contribution >= 4 is 11.6 Å². The second kappa shape index (κ2) is 3.45. The van der Waals surface area contributed by atoms with Gasteiger partial charge >= 0.3 is 0 Å². The zero-order valence-electron chi connectivity index (χ0n) is 7.90. The average Bonchev–Trinajstić information content (AvgIpc) is 2.75. The van der Waals surface area contributed by atoms with E-state index in [-0.39, 0.29) is 0 Å². The largest absolute Gasteiger partial charge is 0.381 e. The van der Waals surface area contributed by atoms with E-state index in [4.69, 9.17) is 10.3 Å². The number of nitrogens with zero attached hydrogens (tertiary/aromatic N) is 2. The summed E-state index contributed by atoms with van der Waals surface area (Å²) >= 11 is 0. The Morgan fingerprint density at radius 3 is 3.07 bits per heavy atom. The molecule has 5 heteroatoms. The van der Waals surface area contributed by atoms with Gasteiger partial charge in [-0.2, -0.15) is 0 Å². The molecule has 14 heavy (non-hydrogen) atoms. The van der Waals surface area contributed by atoms with Crippen LogP contribution in [0.15, 0.2) is 28.9 Å². The molecule has 0 saturated heterocycles. The maximum atomic E-state index is 5.44. The number of nitrogen functional groups attached to an aromatic ring is 1. The van der Waals surface area contributed by atoms with Crippen LogP contribution < -0.4 is 10.6 Å². The van der Waals surface area contributed by atoms with E-state index in [9.17, 15) is 0 Å². The maximum absolute atomic E-state index is 5.44. The Morgan fingerprint density at radius 2 is 2.50 bits per heavy atom. The Hall–Kier alpha value is -1.91. The van der Waals surface area contributed by atoms with Gasteiger partial charge in [-0.25, -0.2) is 0 Å². The van der Waals surface area contributed by atoms with E-state index in [1.807, 2.05) is 30.3 Å². The van der Waals surface area contributed by atoms with Crippen LogP contribution in [0.5, 0.6) is 0 Å². The van der Waals surface area contributed by atoms with E-state index >= 15 is 0 Å². The molecule has 0 aliphatic carbocycles. The van der Waals surface area contributed by atoms with E-state index < -0.39 is 0 Å². The third kappa shape index (κ3) is 1.71. The Labute approximate surface area is 81.5 Å². The van der Waals surface area contributed by atoms with Crippen LogP contribution in [0.25, 0.3) is 0 Å². The average molecular weight is 192 g/mol. The van der Waals surface area contributed by atoms with E-state index in [2.05, 4.69) is 10.1 Å². The number of aromatic amines is 1. The molecule has 0 aromatic carbocycles. The quantitative estimate of drug-likeness (QED) is 0.767. The van der Waals surface area contributed by atoms with Crippen molar-refractivity contribution in [2.75, 3.05) is 17.7 Å². The molecule has 0 atom stereocenters. The molecule has 74 valence electrons. The van der Waals surface area contributed by atoms with Crippen LogP contribution in [-0.4, -0.2) is 17.2 Å². The minimum absolute atomic E-state index is 0.417. The maximum Gasteiger partial charge on any atom is 0.167 e. The lowest BCUT2D eigenvalue weighted by Crippen LogP contribution is -2.16. The fraction of sp³-hybridized carbons (Fsp3) is 0.222. The highest BCUT2D eigenvalue weighted by atomic mass is 16.5. The van der Waals surface area contributed by atoms with Gasteiger partial charge in [0.2, 0.25) is 0 Å². The summed E-state index contributed by atoms with van der Waals surface area (Å²) in [6.07, 6.45) is 1.88. The van der Waals surface area contributed by atoms with Crippen molar-refractivity contribution in [1.29, 1.82) is 0 Å². The van der Waals surface area contributed by atoms with Crippen LogP contribution in [0, 0.1) is 0 Å². The van der Waals surface area contributed by atoms with E-state index in [0.717, 1.165) is 11.6 Å². The second-order valence-corrected chi connectivity index (χ2v) is 3.13. The molecule has 0 unspecified atom stereocenters. The van der Waals surface area contributed by atoms with Crippen molar-refractivity contribution in [1.82, 2.24) is 10.1 Å². The number of nitrogens with one attached hydrogen (secondary N) is 1. The van der Waals surface area contributed by atoms with Gasteiger partial charge in [0.25, 0.3) is 0 Å². The molecule has 0 aliphatic heterocycles. The minimum Gasteiger partial charge on any atom is -0.381 e. The molecule has 0 saturated carbocycles. The molecule has 3 N–H and O–H groups in total. The SMILES string of the molecule is CN(Cc1cc(N)no1)c1ccc[nH]1. The molecule has 0 spiro atoms. The summed E-state index contributed by atoms with van der Waals surface area (Å²) in [4.78, 5) is 5.11. The van der Waals surface area contributed by atoms with Gasteiger partial charge in [-0.1, -0.05) is 5.16 Å². The first-order valence-electron chi connectivity index (χ1n) is 4.31. The van der Waals surface area contributed by atoms with E-state index in [1.54, 1.807) is 6.07 Å². The number of aromatic nitrogens is 2. The number of rotatable bonds is 3. The molecule has 2 heterocycles. The van der Waals surface area contributed by atoms with Gasteiger partial charge in [0, 0.05) is 19.3 Å².